The molecule has 154 valence electrons. The summed E-state index contributed by atoms with van der Waals surface area (Å²) in [7, 11) is 3.24. The van der Waals surface area contributed by atoms with Crippen LogP contribution in [0.3, 0.4) is 0 Å². The summed E-state index contributed by atoms with van der Waals surface area (Å²) in [5.41, 5.74) is 3.28. The SMILES string of the molecule is CC/C=C1/C=CC(C(NC(=O)c2ccccc2)c2cccc(OC)c2)=C(O)C1=NC. The van der Waals surface area contributed by atoms with E-state index < -0.39 is 6.04 Å². The molecule has 1 unspecified atom stereocenters. The lowest BCUT2D eigenvalue weighted by Gasteiger charge is -2.25. The van der Waals surface area contributed by atoms with Gasteiger partial charge in [-0.1, -0.05) is 55.5 Å². The summed E-state index contributed by atoms with van der Waals surface area (Å²) in [6, 6.07) is 15.9. The summed E-state index contributed by atoms with van der Waals surface area (Å²) in [5.74, 6) is 0.491. The molecule has 0 fully saturated rings. The molecule has 0 bridgehead atoms. The van der Waals surface area contributed by atoms with E-state index in [0.717, 1.165) is 17.6 Å². The Balaban J connectivity index is 2.07. The van der Waals surface area contributed by atoms with Crippen molar-refractivity contribution < 1.29 is 14.6 Å². The van der Waals surface area contributed by atoms with Gasteiger partial charge >= 0.3 is 0 Å². The predicted molar refractivity (Wildman–Crippen MR) is 120 cm³/mol. The Morgan fingerprint density at radius 1 is 1.17 bits per heavy atom. The van der Waals surface area contributed by atoms with Crippen LogP contribution >= 0.6 is 0 Å². The fraction of sp³-hybridized carbons (Fsp3) is 0.200. The fourth-order valence-electron chi connectivity index (χ4n) is 3.43. The van der Waals surface area contributed by atoms with Gasteiger partial charge in [-0.2, -0.15) is 0 Å². The number of nitrogens with one attached hydrogen (secondary N) is 1. The lowest BCUT2D eigenvalue weighted by Crippen LogP contribution is -2.31. The van der Waals surface area contributed by atoms with Gasteiger partial charge in [0.25, 0.3) is 5.91 Å². The quantitative estimate of drug-likeness (QED) is 0.718. The van der Waals surface area contributed by atoms with Crippen LogP contribution in [-0.2, 0) is 0 Å². The number of hydrogen-bond donors (Lipinski definition) is 2. The molecular weight excluding hydrogens is 376 g/mol. The zero-order chi connectivity index (χ0) is 21.5. The standard InChI is InChI=1S/C25H26N2O3/c1-4-9-17-14-15-21(24(28)23(17)26-2)22(19-12-8-13-20(16-19)30-3)27-25(29)18-10-6-5-7-11-18/h5-16,22,28H,4H2,1-3H3,(H,27,29)/b17-9-,26-23?. The van der Waals surface area contributed by atoms with Crippen LogP contribution in [0.2, 0.25) is 0 Å². The number of ether oxygens (including phenoxy) is 1. The second-order valence-corrected chi connectivity index (χ2v) is 6.83. The minimum Gasteiger partial charge on any atom is -0.505 e. The van der Waals surface area contributed by atoms with Gasteiger partial charge in [0.15, 0.2) is 0 Å². The van der Waals surface area contributed by atoms with E-state index in [0.29, 0.717) is 22.6 Å². The molecule has 1 atom stereocenters. The maximum Gasteiger partial charge on any atom is 0.252 e. The van der Waals surface area contributed by atoms with Crippen molar-refractivity contribution in [2.75, 3.05) is 14.2 Å². The molecule has 30 heavy (non-hydrogen) atoms. The van der Waals surface area contributed by atoms with Crippen molar-refractivity contribution in [3.05, 3.63) is 101 Å². The molecule has 2 aromatic carbocycles. The van der Waals surface area contributed by atoms with Crippen LogP contribution in [-0.4, -0.2) is 30.9 Å². The highest BCUT2D eigenvalue weighted by Crippen LogP contribution is 2.32. The molecular formula is C25H26N2O3. The lowest BCUT2D eigenvalue weighted by atomic mass is 9.89. The van der Waals surface area contributed by atoms with Crippen molar-refractivity contribution in [2.45, 2.75) is 19.4 Å². The zero-order valence-corrected chi connectivity index (χ0v) is 17.4. The van der Waals surface area contributed by atoms with Crippen LogP contribution in [0, 0.1) is 0 Å². The average Bonchev–Trinajstić information content (AvgIpc) is 2.79. The molecule has 0 radical (unpaired) electrons. The van der Waals surface area contributed by atoms with Gasteiger partial charge < -0.3 is 15.2 Å². The summed E-state index contributed by atoms with van der Waals surface area (Å²) in [4.78, 5) is 17.2. The third-order valence-electron chi connectivity index (χ3n) is 4.91. The van der Waals surface area contributed by atoms with Gasteiger partial charge in [-0.05, 0) is 41.8 Å². The van der Waals surface area contributed by atoms with Gasteiger partial charge in [0.2, 0.25) is 0 Å². The monoisotopic (exact) mass is 402 g/mol. The minimum absolute atomic E-state index is 0.0564. The molecule has 1 amide bonds. The van der Waals surface area contributed by atoms with Crippen molar-refractivity contribution in [3.63, 3.8) is 0 Å². The number of allylic oxidation sites excluding steroid dienone is 3. The van der Waals surface area contributed by atoms with Crippen molar-refractivity contribution in [1.29, 1.82) is 0 Å². The number of hydrogen-bond acceptors (Lipinski definition) is 4. The first-order valence-corrected chi connectivity index (χ1v) is 9.87. The number of aliphatic hydroxyl groups excluding tert-OH is 1. The Bertz CT molecular complexity index is 1030. The number of aliphatic hydroxyl groups is 1. The molecule has 2 aromatic rings. The molecule has 0 aliphatic heterocycles. The lowest BCUT2D eigenvalue weighted by molar-refractivity contribution is 0.0942. The van der Waals surface area contributed by atoms with Crippen LogP contribution < -0.4 is 10.1 Å². The van der Waals surface area contributed by atoms with E-state index in [1.807, 2.05) is 67.6 Å². The van der Waals surface area contributed by atoms with Crippen LogP contribution in [0.15, 0.2) is 94.7 Å². The van der Waals surface area contributed by atoms with Gasteiger partial charge in [-0.25, -0.2) is 0 Å². The van der Waals surface area contributed by atoms with E-state index >= 15 is 0 Å². The molecule has 5 heteroatoms. The average molecular weight is 402 g/mol. The van der Waals surface area contributed by atoms with Gasteiger partial charge in [0.05, 0.1) is 13.2 Å². The summed E-state index contributed by atoms with van der Waals surface area (Å²) >= 11 is 0. The third-order valence-corrected chi connectivity index (χ3v) is 4.91. The minimum atomic E-state index is -0.580. The van der Waals surface area contributed by atoms with Crippen molar-refractivity contribution in [3.8, 4) is 5.75 Å². The number of rotatable bonds is 6. The number of amides is 1. The first kappa shape index (κ1) is 21.1. The maximum absolute atomic E-state index is 12.9. The van der Waals surface area contributed by atoms with E-state index in [2.05, 4.69) is 10.3 Å². The molecule has 0 spiro atoms. The molecule has 3 rings (SSSR count). The highest BCUT2D eigenvalue weighted by Gasteiger charge is 2.27. The summed E-state index contributed by atoms with van der Waals surface area (Å²) < 4.78 is 5.36. The second-order valence-electron chi connectivity index (χ2n) is 6.83. The largest absolute Gasteiger partial charge is 0.505 e. The molecule has 1 aliphatic rings. The third kappa shape index (κ3) is 4.51. The highest BCUT2D eigenvalue weighted by molar-refractivity contribution is 6.14. The number of methoxy groups -OCH3 is 1. The van der Waals surface area contributed by atoms with Gasteiger partial charge in [0, 0.05) is 18.2 Å². The second kappa shape index (κ2) is 9.74. The van der Waals surface area contributed by atoms with E-state index in [1.165, 1.54) is 0 Å². The number of benzene rings is 2. The number of aliphatic imine (C=N–C) groups is 1. The number of nitrogens with zero attached hydrogens (tertiary/aromatic N) is 1. The smallest absolute Gasteiger partial charge is 0.252 e. The van der Waals surface area contributed by atoms with Gasteiger partial charge in [-0.3, -0.25) is 9.79 Å². The molecule has 5 nitrogen and oxygen atoms in total. The van der Waals surface area contributed by atoms with Crippen LogP contribution in [0.1, 0.15) is 35.3 Å². The van der Waals surface area contributed by atoms with Crippen molar-refractivity contribution in [1.82, 2.24) is 5.32 Å². The first-order valence-electron chi connectivity index (χ1n) is 9.87. The zero-order valence-electron chi connectivity index (χ0n) is 17.4. The summed E-state index contributed by atoms with van der Waals surface area (Å²) in [6.07, 6.45) is 6.59. The fourth-order valence-corrected chi connectivity index (χ4v) is 3.43. The van der Waals surface area contributed by atoms with E-state index in [9.17, 15) is 9.90 Å². The Morgan fingerprint density at radius 2 is 1.93 bits per heavy atom. The molecule has 2 N–H and O–H groups in total. The van der Waals surface area contributed by atoms with Crippen molar-refractivity contribution >= 4 is 11.6 Å². The van der Waals surface area contributed by atoms with E-state index in [1.54, 1.807) is 26.3 Å². The highest BCUT2D eigenvalue weighted by atomic mass is 16.5. The summed E-state index contributed by atoms with van der Waals surface area (Å²) in [6.45, 7) is 2.03. The maximum atomic E-state index is 12.9. The topological polar surface area (TPSA) is 70.9 Å². The molecule has 0 aromatic heterocycles. The molecule has 0 heterocycles. The van der Waals surface area contributed by atoms with Crippen LogP contribution in [0.25, 0.3) is 0 Å². The predicted octanol–water partition coefficient (Wildman–Crippen LogP) is 4.96. The van der Waals surface area contributed by atoms with Crippen LogP contribution in [0.4, 0.5) is 0 Å². The molecule has 0 saturated heterocycles. The van der Waals surface area contributed by atoms with Crippen LogP contribution in [0.5, 0.6) is 5.75 Å². The number of carbonyl (C=O) groups excluding carboxylic acids is 1. The van der Waals surface area contributed by atoms with Crippen molar-refractivity contribution in [2.24, 2.45) is 4.99 Å². The van der Waals surface area contributed by atoms with Gasteiger partial charge in [-0.15, -0.1) is 0 Å². The Hall–Kier alpha value is -3.60. The molecule has 1 aliphatic carbocycles. The summed E-state index contributed by atoms with van der Waals surface area (Å²) in [5, 5.41) is 14.1. The van der Waals surface area contributed by atoms with E-state index in [-0.39, 0.29) is 11.7 Å². The Morgan fingerprint density at radius 3 is 2.60 bits per heavy atom. The van der Waals surface area contributed by atoms with E-state index in [4.69, 9.17) is 4.74 Å². The van der Waals surface area contributed by atoms with Gasteiger partial charge in [0.1, 0.15) is 17.2 Å². The Kier molecular flexibility index (Phi) is 6.86. The molecule has 0 saturated carbocycles. The first-order chi connectivity index (χ1) is 14.6. The Labute approximate surface area is 177 Å². The normalized spacial score (nSPS) is 17.3. The number of carbonyl (C=O) groups is 1.